The van der Waals surface area contributed by atoms with Crippen molar-refractivity contribution < 1.29 is 5.11 Å². The fraction of sp³-hybridized carbons (Fsp3) is 0.591. The molecule has 30 heavy (non-hydrogen) atoms. The van der Waals surface area contributed by atoms with Crippen LogP contribution < -0.4 is 5.32 Å². The third-order valence-corrected chi connectivity index (χ3v) is 6.66. The van der Waals surface area contributed by atoms with Crippen LogP contribution in [0.5, 0.6) is 0 Å². The average Bonchev–Trinajstić information content (AvgIpc) is 3.34. The summed E-state index contributed by atoms with van der Waals surface area (Å²) >= 11 is 0. The number of para-hydroxylation sites is 2. The first-order chi connectivity index (χ1) is 14.6. The number of aromatic nitrogens is 5. The fourth-order valence-electron chi connectivity index (χ4n) is 4.94. The second-order valence-corrected chi connectivity index (χ2v) is 8.93. The molecule has 1 aliphatic heterocycles. The standard InChI is InChI=1S/C22H31N7O/c1-14-23-21(29(27-14)22-25-17-5-3-4-6-18(17)26-22)15-7-8-20(30)19(13-15)24-16-9-11-28(2)12-10-16/h3-6,15-16,19-20,24,30H,7-13H2,1-2H3,(H,25,26)/t15-,19+,20+/m0/s1. The molecule has 0 radical (unpaired) electrons. The van der Waals surface area contributed by atoms with Gasteiger partial charge in [-0.05, 0) is 71.3 Å². The SMILES string of the molecule is Cc1nc([C@H]2CC[C@@H](O)[C@H](NC3CCN(C)CC3)C2)n(-c2nc3ccccc3[nH]2)n1. The number of hydrogen-bond acceptors (Lipinski definition) is 6. The molecule has 3 heterocycles. The lowest BCUT2D eigenvalue weighted by Gasteiger charge is -2.38. The number of nitrogens with one attached hydrogen (secondary N) is 2. The van der Waals surface area contributed by atoms with Crippen molar-refractivity contribution >= 4 is 11.0 Å². The summed E-state index contributed by atoms with van der Waals surface area (Å²) in [6.07, 6.45) is 4.53. The monoisotopic (exact) mass is 409 g/mol. The van der Waals surface area contributed by atoms with E-state index < -0.39 is 0 Å². The Balaban J connectivity index is 1.37. The van der Waals surface area contributed by atoms with Gasteiger partial charge in [0.15, 0.2) is 0 Å². The molecular weight excluding hydrogens is 378 g/mol. The molecule has 3 N–H and O–H groups in total. The summed E-state index contributed by atoms with van der Waals surface area (Å²) in [4.78, 5) is 15.2. The Labute approximate surface area is 176 Å². The summed E-state index contributed by atoms with van der Waals surface area (Å²) in [6.45, 7) is 4.15. The van der Waals surface area contributed by atoms with Gasteiger partial charge in [-0.3, -0.25) is 0 Å². The quantitative estimate of drug-likeness (QED) is 0.611. The molecule has 8 heteroatoms. The molecule has 8 nitrogen and oxygen atoms in total. The van der Waals surface area contributed by atoms with Gasteiger partial charge >= 0.3 is 0 Å². The Bertz CT molecular complexity index is 971. The van der Waals surface area contributed by atoms with Crippen LogP contribution >= 0.6 is 0 Å². The number of nitrogens with zero attached hydrogens (tertiary/aromatic N) is 5. The zero-order valence-electron chi connectivity index (χ0n) is 17.8. The summed E-state index contributed by atoms with van der Waals surface area (Å²) in [7, 11) is 2.18. The number of aliphatic hydroxyl groups excluding tert-OH is 1. The van der Waals surface area contributed by atoms with E-state index >= 15 is 0 Å². The van der Waals surface area contributed by atoms with Gasteiger partial charge in [0.05, 0.1) is 17.1 Å². The largest absolute Gasteiger partial charge is 0.392 e. The molecule has 0 amide bonds. The van der Waals surface area contributed by atoms with Gasteiger partial charge in [-0.2, -0.15) is 4.68 Å². The molecular formula is C22H31N7O. The summed E-state index contributed by atoms with van der Waals surface area (Å²) in [5, 5.41) is 19.1. The minimum Gasteiger partial charge on any atom is -0.392 e. The highest BCUT2D eigenvalue weighted by Crippen LogP contribution is 2.34. The highest BCUT2D eigenvalue weighted by Gasteiger charge is 2.34. The second-order valence-electron chi connectivity index (χ2n) is 8.93. The third kappa shape index (κ3) is 3.87. The van der Waals surface area contributed by atoms with Crippen LogP contribution in [0.15, 0.2) is 24.3 Å². The maximum Gasteiger partial charge on any atom is 0.230 e. The number of fused-ring (bicyclic) bond motifs is 1. The number of benzene rings is 1. The molecule has 0 bridgehead atoms. The number of H-pyrrole nitrogens is 1. The molecule has 0 spiro atoms. The molecule has 1 saturated heterocycles. The molecule has 2 fully saturated rings. The predicted molar refractivity (Wildman–Crippen MR) is 116 cm³/mol. The Morgan fingerprint density at radius 1 is 1.10 bits per heavy atom. The van der Waals surface area contributed by atoms with Gasteiger partial charge in [0.25, 0.3) is 0 Å². The molecule has 3 atom stereocenters. The number of hydrogen-bond donors (Lipinski definition) is 3. The first kappa shape index (κ1) is 19.7. The molecule has 5 rings (SSSR count). The average molecular weight is 410 g/mol. The molecule has 3 aromatic rings. The Hall–Kier alpha value is -2.29. The Morgan fingerprint density at radius 3 is 2.70 bits per heavy atom. The minimum absolute atomic E-state index is 0.0956. The van der Waals surface area contributed by atoms with Crippen molar-refractivity contribution in [2.24, 2.45) is 0 Å². The van der Waals surface area contributed by atoms with E-state index in [4.69, 9.17) is 9.97 Å². The van der Waals surface area contributed by atoms with Gasteiger partial charge in [-0.15, -0.1) is 5.10 Å². The van der Waals surface area contributed by atoms with E-state index in [1.807, 2.05) is 35.9 Å². The van der Waals surface area contributed by atoms with Crippen LogP contribution in [-0.2, 0) is 0 Å². The van der Waals surface area contributed by atoms with E-state index in [-0.39, 0.29) is 18.1 Å². The minimum atomic E-state index is -0.301. The van der Waals surface area contributed by atoms with Crippen molar-refractivity contribution in [2.45, 2.75) is 63.1 Å². The van der Waals surface area contributed by atoms with Crippen molar-refractivity contribution in [3.05, 3.63) is 35.9 Å². The van der Waals surface area contributed by atoms with Crippen molar-refractivity contribution in [2.75, 3.05) is 20.1 Å². The molecule has 2 aliphatic rings. The van der Waals surface area contributed by atoms with Crippen LogP contribution in [0.1, 0.15) is 49.7 Å². The van der Waals surface area contributed by atoms with Crippen LogP contribution in [0.3, 0.4) is 0 Å². The summed E-state index contributed by atoms with van der Waals surface area (Å²) in [5.41, 5.74) is 1.92. The highest BCUT2D eigenvalue weighted by molar-refractivity contribution is 5.75. The predicted octanol–water partition coefficient (Wildman–Crippen LogP) is 2.13. The van der Waals surface area contributed by atoms with Crippen LogP contribution in [0.25, 0.3) is 17.0 Å². The van der Waals surface area contributed by atoms with E-state index in [0.29, 0.717) is 12.0 Å². The van der Waals surface area contributed by atoms with E-state index in [1.165, 1.54) is 0 Å². The number of likely N-dealkylation sites (tertiary alicyclic amines) is 1. The second kappa shape index (κ2) is 8.09. The highest BCUT2D eigenvalue weighted by atomic mass is 16.3. The van der Waals surface area contributed by atoms with Crippen LogP contribution in [0.4, 0.5) is 0 Å². The smallest absolute Gasteiger partial charge is 0.230 e. The fourth-order valence-corrected chi connectivity index (χ4v) is 4.94. The number of rotatable bonds is 4. The molecule has 0 unspecified atom stereocenters. The van der Waals surface area contributed by atoms with Crippen molar-refractivity contribution in [1.82, 2.24) is 34.9 Å². The molecule has 1 saturated carbocycles. The van der Waals surface area contributed by atoms with Crippen LogP contribution in [0, 0.1) is 6.92 Å². The molecule has 160 valence electrons. The van der Waals surface area contributed by atoms with Crippen molar-refractivity contribution in [1.29, 1.82) is 0 Å². The van der Waals surface area contributed by atoms with Crippen molar-refractivity contribution in [3.8, 4) is 5.95 Å². The van der Waals surface area contributed by atoms with Gasteiger partial charge in [0.1, 0.15) is 11.6 Å². The Kier molecular flexibility index (Phi) is 5.30. The van der Waals surface area contributed by atoms with E-state index in [9.17, 15) is 5.11 Å². The third-order valence-electron chi connectivity index (χ3n) is 6.66. The Morgan fingerprint density at radius 2 is 1.90 bits per heavy atom. The van der Waals surface area contributed by atoms with E-state index in [2.05, 4.69) is 27.3 Å². The van der Waals surface area contributed by atoms with Crippen LogP contribution in [-0.4, -0.2) is 73.1 Å². The lowest BCUT2D eigenvalue weighted by Crippen LogP contribution is -2.51. The normalized spacial score (nSPS) is 26.4. The zero-order valence-corrected chi connectivity index (χ0v) is 17.8. The van der Waals surface area contributed by atoms with Crippen LogP contribution in [0.2, 0.25) is 0 Å². The van der Waals surface area contributed by atoms with Gasteiger partial charge in [-0.25, -0.2) is 9.97 Å². The number of imidazole rings is 1. The maximum absolute atomic E-state index is 10.7. The molecule has 2 aromatic heterocycles. The van der Waals surface area contributed by atoms with Gasteiger partial charge in [0.2, 0.25) is 5.95 Å². The first-order valence-electron chi connectivity index (χ1n) is 11.1. The summed E-state index contributed by atoms with van der Waals surface area (Å²) in [5.74, 6) is 2.63. The lowest BCUT2D eigenvalue weighted by atomic mass is 9.82. The zero-order chi connectivity index (χ0) is 20.7. The molecule has 1 aromatic carbocycles. The summed E-state index contributed by atoms with van der Waals surface area (Å²) < 4.78 is 1.87. The number of aryl methyl sites for hydroxylation is 1. The van der Waals surface area contributed by atoms with Gasteiger partial charge in [-0.1, -0.05) is 12.1 Å². The van der Waals surface area contributed by atoms with Gasteiger partial charge in [0, 0.05) is 18.0 Å². The number of aliphatic hydroxyl groups is 1. The summed E-state index contributed by atoms with van der Waals surface area (Å²) in [6, 6.07) is 8.58. The van der Waals surface area contributed by atoms with E-state index in [0.717, 1.165) is 67.9 Å². The number of piperidine rings is 1. The first-order valence-corrected chi connectivity index (χ1v) is 11.1. The topological polar surface area (TPSA) is 94.9 Å². The number of aromatic amines is 1. The molecule has 1 aliphatic carbocycles. The van der Waals surface area contributed by atoms with E-state index in [1.54, 1.807) is 0 Å². The van der Waals surface area contributed by atoms with Gasteiger partial charge < -0.3 is 20.3 Å². The maximum atomic E-state index is 10.7. The van der Waals surface area contributed by atoms with Crippen molar-refractivity contribution in [3.63, 3.8) is 0 Å². The lowest BCUT2D eigenvalue weighted by molar-refractivity contribution is 0.0696.